The highest BCUT2D eigenvalue weighted by Gasteiger charge is 2.34. The Bertz CT molecular complexity index is 1370. The number of para-hydroxylation sites is 1. The van der Waals surface area contributed by atoms with Crippen LogP contribution in [0.25, 0.3) is 6.08 Å². The number of nitrogens with one attached hydrogen (secondary N) is 1. The minimum atomic E-state index is -0.265. The number of nitrogens with zero attached hydrogens (tertiary/aromatic N) is 2. The van der Waals surface area contributed by atoms with E-state index in [9.17, 15) is 9.59 Å². The van der Waals surface area contributed by atoms with E-state index in [1.165, 1.54) is 23.9 Å². The van der Waals surface area contributed by atoms with Gasteiger partial charge in [-0.25, -0.2) is 0 Å². The summed E-state index contributed by atoms with van der Waals surface area (Å²) in [6, 6.07) is 16.9. The van der Waals surface area contributed by atoms with Crippen molar-refractivity contribution in [3.63, 3.8) is 0 Å². The molecular weight excluding hydrogens is 506 g/mol. The van der Waals surface area contributed by atoms with Crippen LogP contribution in [0.5, 0.6) is 11.5 Å². The first-order valence-electron chi connectivity index (χ1n) is 11.8. The van der Waals surface area contributed by atoms with Crippen LogP contribution in [-0.4, -0.2) is 34.5 Å². The zero-order valence-electron chi connectivity index (χ0n) is 21.4. The lowest BCUT2D eigenvalue weighted by Gasteiger charge is -2.20. The number of aryl methyl sites for hydroxylation is 2. The first kappa shape index (κ1) is 26.5. The van der Waals surface area contributed by atoms with Gasteiger partial charge in [0.15, 0.2) is 22.4 Å². The second-order valence-corrected chi connectivity index (χ2v) is 10.6. The summed E-state index contributed by atoms with van der Waals surface area (Å²) < 4.78 is 13.5. The fourth-order valence-corrected chi connectivity index (χ4v) is 5.34. The van der Waals surface area contributed by atoms with Gasteiger partial charge in [0, 0.05) is 17.1 Å². The van der Waals surface area contributed by atoms with Gasteiger partial charge in [-0.05, 0) is 79.5 Å². The lowest BCUT2D eigenvalue weighted by atomic mass is 10.0. The Balaban J connectivity index is 1.46. The van der Waals surface area contributed by atoms with Crippen LogP contribution >= 0.6 is 24.0 Å². The second kappa shape index (κ2) is 11.2. The van der Waals surface area contributed by atoms with E-state index < -0.39 is 0 Å². The molecular formula is C28H29N3O4S2. The Morgan fingerprint density at radius 2 is 1.78 bits per heavy atom. The van der Waals surface area contributed by atoms with Crippen LogP contribution in [0.2, 0.25) is 0 Å². The van der Waals surface area contributed by atoms with Gasteiger partial charge in [0.25, 0.3) is 11.8 Å². The van der Waals surface area contributed by atoms with Crippen molar-refractivity contribution in [3.8, 4) is 11.5 Å². The predicted octanol–water partition coefficient (Wildman–Crippen LogP) is 5.79. The molecule has 0 saturated carbocycles. The first-order valence-corrected chi connectivity index (χ1v) is 13.0. The third kappa shape index (κ3) is 5.73. The van der Waals surface area contributed by atoms with Gasteiger partial charge < -0.3 is 14.8 Å². The predicted molar refractivity (Wildman–Crippen MR) is 153 cm³/mol. The molecule has 0 spiro atoms. The number of thiocarbonyl (C=S) groups is 1. The molecule has 1 aliphatic heterocycles. The lowest BCUT2D eigenvalue weighted by molar-refractivity contribution is -0.118. The number of benzene rings is 2. The maximum atomic E-state index is 13.2. The summed E-state index contributed by atoms with van der Waals surface area (Å²) in [6.07, 6.45) is 1.77. The Morgan fingerprint density at radius 3 is 2.46 bits per heavy atom. The van der Waals surface area contributed by atoms with Crippen molar-refractivity contribution in [2.45, 2.75) is 33.6 Å². The Morgan fingerprint density at radius 1 is 1.08 bits per heavy atom. The van der Waals surface area contributed by atoms with Gasteiger partial charge >= 0.3 is 0 Å². The number of hydrogen-bond donors (Lipinski definition) is 1. The largest absolute Gasteiger partial charge is 0.493 e. The van der Waals surface area contributed by atoms with E-state index in [1.807, 2.05) is 61.0 Å². The van der Waals surface area contributed by atoms with Crippen molar-refractivity contribution in [1.29, 1.82) is 0 Å². The minimum Gasteiger partial charge on any atom is -0.493 e. The van der Waals surface area contributed by atoms with Crippen LogP contribution in [0, 0.1) is 13.8 Å². The molecule has 4 rings (SSSR count). The van der Waals surface area contributed by atoms with Gasteiger partial charge in [-0.2, -0.15) is 5.01 Å². The summed E-state index contributed by atoms with van der Waals surface area (Å²) in [6.45, 7) is 7.85. The van der Waals surface area contributed by atoms with Crippen molar-refractivity contribution < 1.29 is 19.1 Å². The molecule has 1 N–H and O–H groups in total. The summed E-state index contributed by atoms with van der Waals surface area (Å²) in [5, 5.41) is 4.43. The molecule has 192 valence electrons. The average Bonchev–Trinajstić information content (AvgIpc) is 3.34. The SMILES string of the molecule is COc1cc(/C=C2\SC(=S)N(n3c(C)ccc3C)C2=O)ccc1OCC(=O)Nc1ccccc1C(C)C. The number of rotatable bonds is 8. The van der Waals surface area contributed by atoms with E-state index in [-0.39, 0.29) is 24.3 Å². The molecule has 0 unspecified atom stereocenters. The smallest absolute Gasteiger partial charge is 0.285 e. The number of carbonyl (C=O) groups is 2. The van der Waals surface area contributed by atoms with Crippen molar-refractivity contribution in [3.05, 3.63) is 82.0 Å². The van der Waals surface area contributed by atoms with Gasteiger partial charge in [0.05, 0.1) is 12.0 Å². The van der Waals surface area contributed by atoms with Crippen LogP contribution in [0.15, 0.2) is 59.5 Å². The molecule has 7 nitrogen and oxygen atoms in total. The Kier molecular flexibility index (Phi) is 8.04. The highest BCUT2D eigenvalue weighted by Crippen LogP contribution is 2.35. The third-order valence-corrected chi connectivity index (χ3v) is 7.19. The zero-order chi connectivity index (χ0) is 26.7. The molecule has 2 heterocycles. The normalized spacial score (nSPS) is 14.5. The number of thioether (sulfide) groups is 1. The fourth-order valence-electron chi connectivity index (χ4n) is 4.10. The summed E-state index contributed by atoms with van der Waals surface area (Å²) in [7, 11) is 1.53. The maximum Gasteiger partial charge on any atom is 0.285 e. The van der Waals surface area contributed by atoms with E-state index in [4.69, 9.17) is 21.7 Å². The first-order chi connectivity index (χ1) is 17.7. The van der Waals surface area contributed by atoms with Crippen LogP contribution < -0.4 is 19.8 Å². The standard InChI is InChI=1S/C28H29N3O4S2/c1-17(2)21-8-6-7-9-22(21)29-26(32)16-35-23-13-12-20(14-24(23)34-5)15-25-27(33)31(28(36)37-25)30-18(3)10-11-19(30)4/h6-15,17H,16H2,1-5H3,(H,29,32)/b25-15-. The monoisotopic (exact) mass is 535 g/mol. The van der Waals surface area contributed by atoms with Gasteiger partial charge in [-0.3, -0.25) is 14.3 Å². The third-order valence-electron chi connectivity index (χ3n) is 5.91. The molecule has 1 saturated heterocycles. The topological polar surface area (TPSA) is 72.8 Å². The van der Waals surface area contributed by atoms with Crippen molar-refractivity contribution >= 4 is 51.9 Å². The highest BCUT2D eigenvalue weighted by molar-refractivity contribution is 8.27. The number of aromatic nitrogens is 1. The number of hydrogen-bond acceptors (Lipinski definition) is 6. The number of ether oxygens (including phenoxy) is 2. The van der Waals surface area contributed by atoms with Crippen LogP contribution in [-0.2, 0) is 9.59 Å². The molecule has 0 bridgehead atoms. The van der Waals surface area contributed by atoms with Crippen LogP contribution in [0.1, 0.15) is 42.3 Å². The van der Waals surface area contributed by atoms with E-state index in [2.05, 4.69) is 19.2 Å². The summed E-state index contributed by atoms with van der Waals surface area (Å²) >= 11 is 6.75. The van der Waals surface area contributed by atoms with Crippen molar-refractivity contribution in [2.75, 3.05) is 24.0 Å². The van der Waals surface area contributed by atoms with E-state index in [0.717, 1.165) is 28.2 Å². The second-order valence-electron chi connectivity index (χ2n) is 8.91. The molecule has 1 fully saturated rings. The lowest BCUT2D eigenvalue weighted by Crippen LogP contribution is -2.39. The van der Waals surface area contributed by atoms with Crippen LogP contribution in [0.3, 0.4) is 0 Å². The number of amides is 2. The minimum absolute atomic E-state index is 0.170. The molecule has 3 aromatic rings. The number of carbonyl (C=O) groups excluding carboxylic acids is 2. The summed E-state index contributed by atoms with van der Waals surface area (Å²) in [5.41, 5.74) is 4.44. The summed E-state index contributed by atoms with van der Waals surface area (Å²) in [5.74, 6) is 0.713. The molecule has 2 amide bonds. The number of methoxy groups -OCH3 is 1. The van der Waals surface area contributed by atoms with E-state index in [1.54, 1.807) is 18.2 Å². The highest BCUT2D eigenvalue weighted by atomic mass is 32.2. The molecule has 0 radical (unpaired) electrons. The maximum absolute atomic E-state index is 13.2. The molecule has 2 aromatic carbocycles. The quantitative estimate of drug-likeness (QED) is 0.291. The molecule has 37 heavy (non-hydrogen) atoms. The fraction of sp³-hybridized carbons (Fsp3) is 0.250. The van der Waals surface area contributed by atoms with E-state index in [0.29, 0.717) is 20.7 Å². The molecule has 0 aliphatic carbocycles. The molecule has 0 atom stereocenters. The van der Waals surface area contributed by atoms with Crippen LogP contribution in [0.4, 0.5) is 5.69 Å². The van der Waals surface area contributed by atoms with E-state index >= 15 is 0 Å². The Hall–Kier alpha value is -3.56. The van der Waals surface area contributed by atoms with Gasteiger partial charge in [0.1, 0.15) is 0 Å². The van der Waals surface area contributed by atoms with Gasteiger partial charge in [-0.15, -0.1) is 0 Å². The van der Waals surface area contributed by atoms with Crippen molar-refractivity contribution in [2.24, 2.45) is 0 Å². The molecule has 1 aliphatic rings. The number of anilines is 1. The average molecular weight is 536 g/mol. The zero-order valence-corrected chi connectivity index (χ0v) is 23.0. The Labute approximate surface area is 226 Å². The van der Waals surface area contributed by atoms with Crippen molar-refractivity contribution in [1.82, 2.24) is 4.68 Å². The summed E-state index contributed by atoms with van der Waals surface area (Å²) in [4.78, 5) is 26.2. The van der Waals surface area contributed by atoms with Gasteiger partial charge in [-0.1, -0.05) is 49.9 Å². The molecule has 9 heteroatoms. The molecule has 1 aromatic heterocycles. The van der Waals surface area contributed by atoms with Gasteiger partial charge in [0.2, 0.25) is 0 Å².